The van der Waals surface area contributed by atoms with Crippen molar-refractivity contribution >= 4 is 5.82 Å². The van der Waals surface area contributed by atoms with E-state index in [1.807, 2.05) is 6.07 Å². The van der Waals surface area contributed by atoms with Gasteiger partial charge < -0.3 is 15.4 Å². The van der Waals surface area contributed by atoms with Gasteiger partial charge in [0.1, 0.15) is 12.1 Å². The van der Waals surface area contributed by atoms with Gasteiger partial charge in [0.15, 0.2) is 0 Å². The lowest BCUT2D eigenvalue weighted by atomic mass is 10.2. The number of morpholine rings is 1. The predicted octanol–water partition coefficient (Wildman–Crippen LogP) is 0.439. The minimum atomic E-state index is 0.369. The van der Waals surface area contributed by atoms with E-state index in [1.165, 1.54) is 0 Å². The van der Waals surface area contributed by atoms with Gasteiger partial charge in [-0.3, -0.25) is 0 Å². The van der Waals surface area contributed by atoms with Gasteiger partial charge in [0.05, 0.1) is 13.2 Å². The third-order valence-electron chi connectivity index (χ3n) is 2.61. The summed E-state index contributed by atoms with van der Waals surface area (Å²) in [5.74, 6) is 0.888. The second kappa shape index (κ2) is 5.77. The van der Waals surface area contributed by atoms with Gasteiger partial charge in [-0.15, -0.1) is 0 Å². The molecule has 0 aliphatic carbocycles. The molecule has 1 aromatic rings. The first kappa shape index (κ1) is 11.3. The van der Waals surface area contributed by atoms with Crippen LogP contribution in [0.3, 0.4) is 0 Å². The Morgan fingerprint density at radius 1 is 1.56 bits per heavy atom. The molecule has 88 valence electrons. The van der Waals surface area contributed by atoms with Crippen LogP contribution in [0.4, 0.5) is 5.82 Å². The van der Waals surface area contributed by atoms with Crippen LogP contribution in [0.1, 0.15) is 12.6 Å². The van der Waals surface area contributed by atoms with Crippen molar-refractivity contribution in [3.63, 3.8) is 0 Å². The van der Waals surface area contributed by atoms with Gasteiger partial charge in [0.2, 0.25) is 0 Å². The number of hydrogen-bond donors (Lipinski definition) is 2. The SMILES string of the molecule is CCc1cc(NCC2COCCN2)ncn1. The second-order valence-corrected chi connectivity index (χ2v) is 3.86. The summed E-state index contributed by atoms with van der Waals surface area (Å²) in [6.07, 6.45) is 2.54. The van der Waals surface area contributed by atoms with Crippen LogP contribution in [0.2, 0.25) is 0 Å². The topological polar surface area (TPSA) is 59.1 Å². The highest BCUT2D eigenvalue weighted by atomic mass is 16.5. The van der Waals surface area contributed by atoms with Crippen LogP contribution < -0.4 is 10.6 Å². The first-order chi connectivity index (χ1) is 7.88. The Labute approximate surface area is 95.6 Å². The zero-order chi connectivity index (χ0) is 11.2. The molecule has 16 heavy (non-hydrogen) atoms. The number of ether oxygens (including phenoxy) is 1. The molecule has 1 unspecified atom stereocenters. The van der Waals surface area contributed by atoms with Crippen molar-refractivity contribution in [2.45, 2.75) is 19.4 Å². The van der Waals surface area contributed by atoms with E-state index < -0.39 is 0 Å². The zero-order valence-electron chi connectivity index (χ0n) is 9.57. The zero-order valence-corrected chi connectivity index (χ0v) is 9.57. The average Bonchev–Trinajstić information content (AvgIpc) is 2.38. The van der Waals surface area contributed by atoms with E-state index in [1.54, 1.807) is 6.33 Å². The number of aromatic nitrogens is 2. The van der Waals surface area contributed by atoms with E-state index in [-0.39, 0.29) is 0 Å². The Kier molecular flexibility index (Phi) is 4.07. The van der Waals surface area contributed by atoms with Crippen LogP contribution in [-0.4, -0.2) is 42.3 Å². The fourth-order valence-corrected chi connectivity index (χ4v) is 1.67. The lowest BCUT2D eigenvalue weighted by Gasteiger charge is -2.24. The van der Waals surface area contributed by atoms with Crippen LogP contribution in [0, 0.1) is 0 Å². The first-order valence-electron chi connectivity index (χ1n) is 5.74. The molecule has 1 atom stereocenters. The lowest BCUT2D eigenvalue weighted by Crippen LogP contribution is -2.45. The smallest absolute Gasteiger partial charge is 0.129 e. The lowest BCUT2D eigenvalue weighted by molar-refractivity contribution is 0.0806. The molecule has 2 N–H and O–H groups in total. The standard InChI is InChI=1S/C11H18N4O/c1-2-9-5-11(15-8-14-9)13-6-10-7-16-4-3-12-10/h5,8,10,12H,2-4,6-7H2,1H3,(H,13,14,15). The van der Waals surface area contributed by atoms with Crippen molar-refractivity contribution in [2.75, 3.05) is 31.6 Å². The maximum absolute atomic E-state index is 5.38. The number of hydrogen-bond acceptors (Lipinski definition) is 5. The van der Waals surface area contributed by atoms with E-state index in [0.29, 0.717) is 6.04 Å². The molecule has 0 spiro atoms. The molecule has 1 fully saturated rings. The molecule has 1 aromatic heterocycles. The van der Waals surface area contributed by atoms with Crippen LogP contribution in [0.25, 0.3) is 0 Å². The Morgan fingerprint density at radius 3 is 3.25 bits per heavy atom. The fraction of sp³-hybridized carbons (Fsp3) is 0.636. The van der Waals surface area contributed by atoms with E-state index in [0.717, 1.165) is 44.2 Å². The largest absolute Gasteiger partial charge is 0.378 e. The normalized spacial score (nSPS) is 20.7. The van der Waals surface area contributed by atoms with E-state index >= 15 is 0 Å². The third-order valence-corrected chi connectivity index (χ3v) is 2.61. The summed E-state index contributed by atoms with van der Waals surface area (Å²) in [5.41, 5.74) is 1.06. The Balaban J connectivity index is 1.83. The summed E-state index contributed by atoms with van der Waals surface area (Å²) < 4.78 is 5.38. The summed E-state index contributed by atoms with van der Waals surface area (Å²) in [5, 5.41) is 6.68. The molecule has 2 rings (SSSR count). The minimum absolute atomic E-state index is 0.369. The van der Waals surface area contributed by atoms with Gasteiger partial charge in [-0.05, 0) is 6.42 Å². The van der Waals surface area contributed by atoms with Crippen LogP contribution in [-0.2, 0) is 11.2 Å². The van der Waals surface area contributed by atoms with Gasteiger partial charge >= 0.3 is 0 Å². The van der Waals surface area contributed by atoms with Gasteiger partial charge in [-0.1, -0.05) is 6.92 Å². The molecule has 0 aromatic carbocycles. The fourth-order valence-electron chi connectivity index (χ4n) is 1.67. The summed E-state index contributed by atoms with van der Waals surface area (Å²) in [7, 11) is 0. The van der Waals surface area contributed by atoms with Crippen molar-refractivity contribution in [3.8, 4) is 0 Å². The Hall–Kier alpha value is -1.20. The van der Waals surface area contributed by atoms with Gasteiger partial charge in [-0.2, -0.15) is 0 Å². The van der Waals surface area contributed by atoms with Crippen molar-refractivity contribution in [3.05, 3.63) is 18.1 Å². The Bertz CT molecular complexity index is 326. The van der Waals surface area contributed by atoms with Crippen molar-refractivity contribution in [1.29, 1.82) is 0 Å². The summed E-state index contributed by atoms with van der Waals surface area (Å²) in [4.78, 5) is 8.34. The van der Waals surface area contributed by atoms with Crippen molar-refractivity contribution in [2.24, 2.45) is 0 Å². The summed E-state index contributed by atoms with van der Waals surface area (Å²) in [6, 6.07) is 2.36. The molecule has 1 saturated heterocycles. The molecule has 0 bridgehead atoms. The number of nitrogens with one attached hydrogen (secondary N) is 2. The van der Waals surface area contributed by atoms with Gasteiger partial charge in [-0.25, -0.2) is 9.97 Å². The molecule has 5 heteroatoms. The summed E-state index contributed by atoms with van der Waals surface area (Å²) >= 11 is 0. The number of aryl methyl sites for hydroxylation is 1. The number of anilines is 1. The Morgan fingerprint density at radius 2 is 2.50 bits per heavy atom. The first-order valence-corrected chi connectivity index (χ1v) is 5.74. The highest BCUT2D eigenvalue weighted by molar-refractivity contribution is 5.34. The van der Waals surface area contributed by atoms with Crippen molar-refractivity contribution < 1.29 is 4.74 Å². The molecule has 1 aliphatic rings. The third kappa shape index (κ3) is 3.15. The number of nitrogens with zero attached hydrogens (tertiary/aromatic N) is 2. The molecule has 0 radical (unpaired) electrons. The highest BCUT2D eigenvalue weighted by Crippen LogP contribution is 2.04. The molecule has 1 aliphatic heterocycles. The van der Waals surface area contributed by atoms with E-state index in [2.05, 4.69) is 27.5 Å². The van der Waals surface area contributed by atoms with Crippen LogP contribution in [0.5, 0.6) is 0 Å². The molecule has 2 heterocycles. The second-order valence-electron chi connectivity index (χ2n) is 3.86. The molecule has 0 saturated carbocycles. The van der Waals surface area contributed by atoms with Gasteiger partial charge in [0.25, 0.3) is 0 Å². The van der Waals surface area contributed by atoms with Crippen LogP contribution in [0.15, 0.2) is 12.4 Å². The molecular formula is C11H18N4O. The maximum atomic E-state index is 5.38. The predicted molar refractivity (Wildman–Crippen MR) is 62.5 cm³/mol. The average molecular weight is 222 g/mol. The van der Waals surface area contributed by atoms with Gasteiger partial charge in [0, 0.05) is 30.9 Å². The van der Waals surface area contributed by atoms with E-state index in [4.69, 9.17) is 4.74 Å². The minimum Gasteiger partial charge on any atom is -0.378 e. The molecule has 0 amide bonds. The number of rotatable bonds is 4. The molecular weight excluding hydrogens is 204 g/mol. The van der Waals surface area contributed by atoms with E-state index in [9.17, 15) is 0 Å². The highest BCUT2D eigenvalue weighted by Gasteiger charge is 2.12. The monoisotopic (exact) mass is 222 g/mol. The molecule has 5 nitrogen and oxygen atoms in total. The van der Waals surface area contributed by atoms with Crippen LogP contribution >= 0.6 is 0 Å². The maximum Gasteiger partial charge on any atom is 0.129 e. The summed E-state index contributed by atoms with van der Waals surface area (Å²) in [6.45, 7) is 5.42. The quantitative estimate of drug-likeness (QED) is 0.774. The van der Waals surface area contributed by atoms with Crippen molar-refractivity contribution in [1.82, 2.24) is 15.3 Å².